The van der Waals surface area contributed by atoms with Crippen molar-refractivity contribution in [2.24, 2.45) is 5.73 Å². The first-order valence-corrected chi connectivity index (χ1v) is 6.42. The minimum atomic E-state index is 0.171. The molecular weight excluding hydrogens is 208 g/mol. The van der Waals surface area contributed by atoms with E-state index in [9.17, 15) is 0 Å². The second-order valence-corrected chi connectivity index (χ2v) is 6.13. The van der Waals surface area contributed by atoms with Gasteiger partial charge in [-0.15, -0.1) is 0 Å². The Morgan fingerprint density at radius 3 is 2.12 bits per heavy atom. The molecule has 0 aliphatic carbocycles. The summed E-state index contributed by atoms with van der Waals surface area (Å²) in [4.78, 5) is 2.49. The predicted molar refractivity (Wildman–Crippen MR) is 74.7 cm³/mol. The van der Waals surface area contributed by atoms with Crippen LogP contribution in [-0.4, -0.2) is 18.1 Å². The minimum absolute atomic E-state index is 0.171. The van der Waals surface area contributed by atoms with Gasteiger partial charge in [0.2, 0.25) is 0 Å². The average Bonchev–Trinajstić information content (AvgIpc) is 2.37. The quantitative estimate of drug-likeness (QED) is 0.806. The molecular formula is C15H24N2. The molecule has 1 atom stereocenters. The summed E-state index contributed by atoms with van der Waals surface area (Å²) in [6.45, 7) is 12.1. The van der Waals surface area contributed by atoms with Crippen molar-refractivity contribution < 1.29 is 0 Å². The summed E-state index contributed by atoms with van der Waals surface area (Å²) >= 11 is 0. The molecule has 0 spiro atoms. The molecule has 1 heterocycles. The number of hydrogen-bond donors (Lipinski definition) is 1. The van der Waals surface area contributed by atoms with Crippen LogP contribution in [-0.2, 0) is 0 Å². The van der Waals surface area contributed by atoms with Crippen molar-refractivity contribution in [3.05, 3.63) is 28.8 Å². The van der Waals surface area contributed by atoms with Gasteiger partial charge in [-0.05, 0) is 52.2 Å². The second kappa shape index (κ2) is 4.02. The number of benzene rings is 1. The molecule has 1 saturated heterocycles. The lowest BCUT2D eigenvalue weighted by molar-refractivity contribution is 0.505. The summed E-state index contributed by atoms with van der Waals surface area (Å²) in [6.07, 6.45) is 1.07. The Morgan fingerprint density at radius 1 is 1.18 bits per heavy atom. The van der Waals surface area contributed by atoms with Crippen LogP contribution in [0.1, 0.15) is 37.0 Å². The Balaban J connectivity index is 2.48. The highest BCUT2D eigenvalue weighted by Gasteiger charge is 2.37. The van der Waals surface area contributed by atoms with Gasteiger partial charge in [0.15, 0.2) is 0 Å². The second-order valence-electron chi connectivity index (χ2n) is 6.13. The zero-order valence-corrected chi connectivity index (χ0v) is 11.7. The van der Waals surface area contributed by atoms with E-state index in [2.05, 4.69) is 51.7 Å². The molecule has 1 unspecified atom stereocenters. The molecule has 1 aromatic rings. The molecule has 17 heavy (non-hydrogen) atoms. The highest BCUT2D eigenvalue weighted by molar-refractivity contribution is 5.62. The Labute approximate surface area is 105 Å². The molecule has 1 aromatic carbocycles. The Kier molecular flexibility index (Phi) is 2.94. The van der Waals surface area contributed by atoms with E-state index in [0.717, 1.165) is 13.0 Å². The highest BCUT2D eigenvalue weighted by atomic mass is 15.2. The van der Waals surface area contributed by atoms with Crippen LogP contribution in [0.2, 0.25) is 0 Å². The van der Waals surface area contributed by atoms with Gasteiger partial charge in [0.25, 0.3) is 0 Å². The number of anilines is 1. The summed E-state index contributed by atoms with van der Waals surface area (Å²) < 4.78 is 0. The number of hydrogen-bond acceptors (Lipinski definition) is 2. The van der Waals surface area contributed by atoms with E-state index >= 15 is 0 Å². The van der Waals surface area contributed by atoms with Crippen molar-refractivity contribution in [1.29, 1.82) is 0 Å². The Bertz CT molecular complexity index is 412. The fraction of sp³-hybridized carbons (Fsp3) is 0.600. The Morgan fingerprint density at radius 2 is 1.71 bits per heavy atom. The fourth-order valence-corrected chi connectivity index (χ4v) is 3.29. The minimum Gasteiger partial charge on any atom is -0.364 e. The fourth-order valence-electron chi connectivity index (χ4n) is 3.29. The molecule has 2 nitrogen and oxygen atoms in total. The number of nitrogens with zero attached hydrogens (tertiary/aromatic N) is 1. The average molecular weight is 232 g/mol. The molecule has 2 heteroatoms. The van der Waals surface area contributed by atoms with Gasteiger partial charge in [-0.25, -0.2) is 0 Å². The summed E-state index contributed by atoms with van der Waals surface area (Å²) in [5.74, 6) is 0. The number of rotatable bonds is 1. The number of aryl methyl sites for hydroxylation is 3. The molecule has 94 valence electrons. The first-order chi connectivity index (χ1) is 7.81. The van der Waals surface area contributed by atoms with Crippen LogP contribution >= 0.6 is 0 Å². The normalized spacial score (nSPS) is 23.2. The van der Waals surface area contributed by atoms with E-state index in [1.807, 2.05) is 0 Å². The van der Waals surface area contributed by atoms with Gasteiger partial charge in [0.05, 0.1) is 0 Å². The van der Waals surface area contributed by atoms with Crippen molar-refractivity contribution in [2.75, 3.05) is 11.4 Å². The maximum Gasteiger partial charge on any atom is 0.0430 e. The van der Waals surface area contributed by atoms with E-state index in [0.29, 0.717) is 6.04 Å². The van der Waals surface area contributed by atoms with E-state index in [-0.39, 0.29) is 5.54 Å². The Hall–Kier alpha value is -1.02. The molecule has 0 aromatic heterocycles. The van der Waals surface area contributed by atoms with E-state index in [1.54, 1.807) is 0 Å². The van der Waals surface area contributed by atoms with Crippen molar-refractivity contribution in [3.8, 4) is 0 Å². The van der Waals surface area contributed by atoms with Crippen molar-refractivity contribution in [3.63, 3.8) is 0 Å². The molecule has 0 saturated carbocycles. The van der Waals surface area contributed by atoms with Gasteiger partial charge in [-0.2, -0.15) is 0 Å². The van der Waals surface area contributed by atoms with Crippen LogP contribution in [0.3, 0.4) is 0 Å². The third-order valence-corrected chi connectivity index (χ3v) is 3.81. The summed E-state index contributed by atoms with van der Waals surface area (Å²) in [7, 11) is 0. The lowest BCUT2D eigenvalue weighted by Gasteiger charge is -2.36. The van der Waals surface area contributed by atoms with Crippen LogP contribution in [0.25, 0.3) is 0 Å². The van der Waals surface area contributed by atoms with Crippen molar-refractivity contribution in [1.82, 2.24) is 0 Å². The molecule has 1 fully saturated rings. The van der Waals surface area contributed by atoms with Gasteiger partial charge in [-0.3, -0.25) is 0 Å². The van der Waals surface area contributed by atoms with Crippen LogP contribution < -0.4 is 10.6 Å². The number of nitrogens with two attached hydrogens (primary N) is 1. The van der Waals surface area contributed by atoms with Gasteiger partial charge in [-0.1, -0.05) is 17.7 Å². The molecule has 2 rings (SSSR count). The maximum atomic E-state index is 6.13. The van der Waals surface area contributed by atoms with Crippen LogP contribution in [0.15, 0.2) is 12.1 Å². The highest BCUT2D eigenvalue weighted by Crippen LogP contribution is 2.37. The first kappa shape index (κ1) is 12.4. The van der Waals surface area contributed by atoms with Gasteiger partial charge in [0, 0.05) is 23.8 Å². The van der Waals surface area contributed by atoms with Crippen molar-refractivity contribution in [2.45, 2.75) is 52.6 Å². The first-order valence-electron chi connectivity index (χ1n) is 6.42. The zero-order valence-electron chi connectivity index (χ0n) is 11.7. The topological polar surface area (TPSA) is 29.3 Å². The van der Waals surface area contributed by atoms with Gasteiger partial charge in [0.1, 0.15) is 0 Å². The monoisotopic (exact) mass is 232 g/mol. The lowest BCUT2D eigenvalue weighted by atomic mass is 9.97. The molecule has 0 bridgehead atoms. The standard InChI is InChI=1S/C15H24N2/c1-10-6-11(2)14(12(3)7-10)17-9-13(16)8-15(17,4)5/h6-7,13H,8-9,16H2,1-5H3. The van der Waals surface area contributed by atoms with Crippen molar-refractivity contribution >= 4 is 5.69 Å². The third-order valence-electron chi connectivity index (χ3n) is 3.81. The maximum absolute atomic E-state index is 6.13. The van der Waals surface area contributed by atoms with Crippen LogP contribution in [0.4, 0.5) is 5.69 Å². The third kappa shape index (κ3) is 2.19. The molecule has 1 aliphatic rings. The molecule has 0 radical (unpaired) electrons. The summed E-state index contributed by atoms with van der Waals surface area (Å²) in [6, 6.07) is 4.83. The molecule has 0 amide bonds. The van der Waals surface area contributed by atoms with Gasteiger partial charge < -0.3 is 10.6 Å². The molecule has 2 N–H and O–H groups in total. The van der Waals surface area contributed by atoms with E-state index in [4.69, 9.17) is 5.73 Å². The lowest BCUT2D eigenvalue weighted by Crippen LogP contribution is -2.39. The van der Waals surface area contributed by atoms with Gasteiger partial charge >= 0.3 is 0 Å². The van der Waals surface area contributed by atoms with Crippen LogP contribution in [0, 0.1) is 20.8 Å². The smallest absolute Gasteiger partial charge is 0.0430 e. The SMILES string of the molecule is Cc1cc(C)c(N2CC(N)CC2(C)C)c(C)c1. The van der Waals surface area contributed by atoms with E-state index < -0.39 is 0 Å². The van der Waals surface area contributed by atoms with E-state index in [1.165, 1.54) is 22.4 Å². The summed E-state index contributed by atoms with van der Waals surface area (Å²) in [5, 5.41) is 0. The largest absolute Gasteiger partial charge is 0.364 e. The zero-order chi connectivity index (χ0) is 12.8. The van der Waals surface area contributed by atoms with Crippen LogP contribution in [0.5, 0.6) is 0 Å². The predicted octanol–water partition coefficient (Wildman–Crippen LogP) is 2.93. The summed E-state index contributed by atoms with van der Waals surface area (Å²) in [5.41, 5.74) is 11.7. The molecule has 1 aliphatic heterocycles.